The summed E-state index contributed by atoms with van der Waals surface area (Å²) in [7, 11) is 0. The fraction of sp³-hybridized carbons (Fsp3) is 0.286. The van der Waals surface area contributed by atoms with Crippen LogP contribution in [0.5, 0.6) is 0 Å². The highest BCUT2D eigenvalue weighted by molar-refractivity contribution is 6.28. The molecule has 0 saturated heterocycles. The molecule has 21 heavy (non-hydrogen) atoms. The Morgan fingerprint density at radius 3 is 2.67 bits per heavy atom. The summed E-state index contributed by atoms with van der Waals surface area (Å²) in [5.41, 5.74) is 2.16. The van der Waals surface area contributed by atoms with Gasteiger partial charge in [-0.1, -0.05) is 0 Å². The zero-order chi connectivity index (χ0) is 15.1. The predicted molar refractivity (Wildman–Crippen MR) is 78.6 cm³/mol. The summed E-state index contributed by atoms with van der Waals surface area (Å²) in [6.45, 7) is 6.04. The average molecular weight is 306 g/mol. The Bertz CT molecular complexity index is 828. The lowest BCUT2D eigenvalue weighted by molar-refractivity contribution is 0.600. The van der Waals surface area contributed by atoms with E-state index in [9.17, 15) is 4.39 Å². The van der Waals surface area contributed by atoms with Crippen LogP contribution >= 0.6 is 11.6 Å². The van der Waals surface area contributed by atoms with Crippen LogP contribution in [0.2, 0.25) is 5.28 Å². The lowest BCUT2D eigenvalue weighted by Crippen LogP contribution is -2.03. The number of fused-ring (bicyclic) bond motifs is 1. The molecular weight excluding hydrogens is 293 g/mol. The van der Waals surface area contributed by atoms with Crippen molar-refractivity contribution in [2.75, 3.05) is 0 Å². The van der Waals surface area contributed by atoms with Gasteiger partial charge in [-0.15, -0.1) is 0 Å². The molecule has 3 aromatic rings. The summed E-state index contributed by atoms with van der Waals surface area (Å²) in [6.07, 6.45) is 2.60. The predicted octanol–water partition coefficient (Wildman–Crippen LogP) is 3.57. The minimum atomic E-state index is -0.534. The molecule has 0 amide bonds. The zero-order valence-corrected chi connectivity index (χ0v) is 12.6. The lowest BCUT2D eigenvalue weighted by atomic mass is 10.2. The van der Waals surface area contributed by atoms with Crippen LogP contribution in [0.4, 0.5) is 4.39 Å². The van der Waals surface area contributed by atoms with Gasteiger partial charge in [0.15, 0.2) is 11.5 Å². The smallest absolute Gasteiger partial charge is 0.223 e. The van der Waals surface area contributed by atoms with Crippen LogP contribution in [-0.2, 0) is 0 Å². The standard InChI is InChI=1S/C14H13ClFN5/c1-7(2)21-8(3)19-13-11(21)4-9(5-17-13)12-10(16)6-18-14(15)20-12/h4-7H,1-3H3. The second-order valence-electron chi connectivity index (χ2n) is 5.03. The summed E-state index contributed by atoms with van der Waals surface area (Å²) in [4.78, 5) is 16.3. The number of hydrogen-bond donors (Lipinski definition) is 0. The number of imidazole rings is 1. The molecule has 7 heteroatoms. The summed E-state index contributed by atoms with van der Waals surface area (Å²) in [5.74, 6) is 0.332. The molecule has 0 atom stereocenters. The van der Waals surface area contributed by atoms with Crippen LogP contribution in [-0.4, -0.2) is 24.5 Å². The molecule has 0 N–H and O–H groups in total. The first-order valence-electron chi connectivity index (χ1n) is 6.50. The van der Waals surface area contributed by atoms with Gasteiger partial charge in [0.25, 0.3) is 0 Å². The van der Waals surface area contributed by atoms with Gasteiger partial charge in [-0.3, -0.25) is 0 Å². The molecule has 0 aliphatic rings. The molecule has 3 aromatic heterocycles. The van der Waals surface area contributed by atoms with Crippen LogP contribution in [0, 0.1) is 12.7 Å². The molecule has 0 fully saturated rings. The second-order valence-corrected chi connectivity index (χ2v) is 5.36. The van der Waals surface area contributed by atoms with Crippen LogP contribution < -0.4 is 0 Å². The Morgan fingerprint density at radius 2 is 1.95 bits per heavy atom. The Balaban J connectivity index is 2.25. The van der Waals surface area contributed by atoms with E-state index >= 15 is 0 Å². The van der Waals surface area contributed by atoms with Gasteiger partial charge in [-0.25, -0.2) is 24.3 Å². The fourth-order valence-electron chi connectivity index (χ4n) is 2.42. The molecule has 108 valence electrons. The van der Waals surface area contributed by atoms with E-state index in [-0.39, 0.29) is 17.0 Å². The molecule has 3 heterocycles. The topological polar surface area (TPSA) is 56.5 Å². The monoisotopic (exact) mass is 305 g/mol. The van der Waals surface area contributed by atoms with Gasteiger partial charge in [0, 0.05) is 17.8 Å². The maximum absolute atomic E-state index is 13.9. The van der Waals surface area contributed by atoms with Crippen molar-refractivity contribution in [1.82, 2.24) is 24.5 Å². The molecule has 0 bridgehead atoms. The third-order valence-electron chi connectivity index (χ3n) is 3.23. The molecule has 0 spiro atoms. The number of nitrogens with zero attached hydrogens (tertiary/aromatic N) is 5. The quantitative estimate of drug-likeness (QED) is 0.679. The number of hydrogen-bond acceptors (Lipinski definition) is 4. The molecule has 0 aliphatic carbocycles. The van der Waals surface area contributed by atoms with Crippen LogP contribution in [0.25, 0.3) is 22.4 Å². The van der Waals surface area contributed by atoms with E-state index in [1.54, 1.807) is 6.20 Å². The summed E-state index contributed by atoms with van der Waals surface area (Å²) in [6, 6.07) is 2.05. The van der Waals surface area contributed by atoms with Crippen molar-refractivity contribution < 1.29 is 4.39 Å². The van der Waals surface area contributed by atoms with Crippen molar-refractivity contribution in [2.45, 2.75) is 26.8 Å². The Kier molecular flexibility index (Phi) is 3.33. The van der Waals surface area contributed by atoms with Crippen LogP contribution in [0.3, 0.4) is 0 Å². The highest BCUT2D eigenvalue weighted by atomic mass is 35.5. The first-order chi connectivity index (χ1) is 9.97. The number of rotatable bonds is 2. The first-order valence-corrected chi connectivity index (χ1v) is 6.88. The van der Waals surface area contributed by atoms with Gasteiger partial charge in [0.05, 0.1) is 11.7 Å². The van der Waals surface area contributed by atoms with Gasteiger partial charge >= 0.3 is 0 Å². The van der Waals surface area contributed by atoms with Crippen molar-refractivity contribution >= 4 is 22.8 Å². The lowest BCUT2D eigenvalue weighted by Gasteiger charge is -2.11. The number of pyridine rings is 1. The van der Waals surface area contributed by atoms with E-state index in [0.717, 1.165) is 17.5 Å². The van der Waals surface area contributed by atoms with Gasteiger partial charge in [0.2, 0.25) is 5.28 Å². The summed E-state index contributed by atoms with van der Waals surface area (Å²) >= 11 is 5.74. The molecule has 0 saturated carbocycles. The first kappa shape index (κ1) is 13.9. The summed E-state index contributed by atoms with van der Waals surface area (Å²) in [5, 5.41) is 0.0000414. The normalized spacial score (nSPS) is 11.5. The van der Waals surface area contributed by atoms with Gasteiger partial charge in [-0.2, -0.15) is 0 Å². The third-order valence-corrected chi connectivity index (χ3v) is 3.41. The second kappa shape index (κ2) is 5.04. The van der Waals surface area contributed by atoms with Crippen molar-refractivity contribution in [3.63, 3.8) is 0 Å². The zero-order valence-electron chi connectivity index (χ0n) is 11.8. The van der Waals surface area contributed by atoms with Gasteiger partial charge in [0.1, 0.15) is 11.5 Å². The van der Waals surface area contributed by atoms with E-state index < -0.39 is 5.82 Å². The van der Waals surface area contributed by atoms with E-state index in [2.05, 4.69) is 33.8 Å². The minimum Gasteiger partial charge on any atom is -0.324 e. The van der Waals surface area contributed by atoms with Crippen LogP contribution in [0.1, 0.15) is 25.7 Å². The van der Waals surface area contributed by atoms with E-state index in [1.165, 1.54) is 0 Å². The van der Waals surface area contributed by atoms with Crippen molar-refractivity contribution in [2.24, 2.45) is 0 Å². The number of aryl methyl sites for hydroxylation is 1. The molecule has 0 aliphatic heterocycles. The van der Waals surface area contributed by atoms with E-state index in [4.69, 9.17) is 11.6 Å². The highest BCUT2D eigenvalue weighted by Crippen LogP contribution is 2.26. The minimum absolute atomic E-state index is 0.0000414. The molecule has 0 radical (unpaired) electrons. The molecule has 3 rings (SSSR count). The van der Waals surface area contributed by atoms with Gasteiger partial charge in [-0.05, 0) is 38.4 Å². The Labute approximate surface area is 125 Å². The Morgan fingerprint density at radius 1 is 1.19 bits per heavy atom. The average Bonchev–Trinajstić information content (AvgIpc) is 2.76. The SMILES string of the molecule is Cc1nc2ncc(-c3nc(Cl)ncc3F)cc2n1C(C)C. The summed E-state index contributed by atoms with van der Waals surface area (Å²) < 4.78 is 15.9. The molecular formula is C14H13ClFN5. The number of halogens is 2. The largest absolute Gasteiger partial charge is 0.324 e. The highest BCUT2D eigenvalue weighted by Gasteiger charge is 2.15. The molecule has 5 nitrogen and oxygen atoms in total. The van der Waals surface area contributed by atoms with Gasteiger partial charge < -0.3 is 4.57 Å². The third kappa shape index (κ3) is 2.35. The molecule has 0 aromatic carbocycles. The Hall–Kier alpha value is -2.08. The maximum atomic E-state index is 13.9. The maximum Gasteiger partial charge on any atom is 0.223 e. The van der Waals surface area contributed by atoms with E-state index in [1.807, 2.05) is 17.6 Å². The van der Waals surface area contributed by atoms with Crippen molar-refractivity contribution in [3.8, 4) is 11.3 Å². The van der Waals surface area contributed by atoms with Crippen molar-refractivity contribution in [3.05, 3.63) is 35.4 Å². The van der Waals surface area contributed by atoms with E-state index in [0.29, 0.717) is 11.2 Å². The van der Waals surface area contributed by atoms with Crippen LogP contribution in [0.15, 0.2) is 18.5 Å². The fourth-order valence-corrected chi connectivity index (χ4v) is 2.55. The molecule has 0 unspecified atom stereocenters. The number of aromatic nitrogens is 5. The van der Waals surface area contributed by atoms with Crippen molar-refractivity contribution in [1.29, 1.82) is 0 Å².